The van der Waals surface area contributed by atoms with E-state index in [-0.39, 0.29) is 0 Å². The van der Waals surface area contributed by atoms with E-state index in [1.807, 2.05) is 6.07 Å². The average molecular weight is 371 g/mol. The predicted octanol–water partition coefficient (Wildman–Crippen LogP) is 4.22. The highest BCUT2D eigenvalue weighted by Gasteiger charge is 2.10. The average Bonchev–Trinajstić information content (AvgIpc) is 2.75. The second kappa shape index (κ2) is 8.35. The summed E-state index contributed by atoms with van der Waals surface area (Å²) in [5, 5.41) is 23.3. The third-order valence-electron chi connectivity index (χ3n) is 4.67. The molecule has 0 amide bonds. The summed E-state index contributed by atoms with van der Waals surface area (Å²) < 4.78 is 0. The van der Waals surface area contributed by atoms with Crippen LogP contribution in [0.2, 0.25) is 0 Å². The normalized spacial score (nSPS) is 13.6. The molecule has 140 valence electrons. The maximum absolute atomic E-state index is 9.00. The molecule has 0 aliphatic carbocycles. The molecular weight excluding hydrogens is 350 g/mol. The highest BCUT2D eigenvalue weighted by molar-refractivity contribution is 5.62. The van der Waals surface area contributed by atoms with Crippen molar-refractivity contribution in [3.8, 4) is 6.07 Å². The Labute approximate surface area is 164 Å². The molecule has 7 heteroatoms. The Morgan fingerprint density at radius 1 is 0.929 bits per heavy atom. The molecule has 0 atom stereocenters. The fourth-order valence-electron chi connectivity index (χ4n) is 3.27. The second-order valence-corrected chi connectivity index (χ2v) is 6.70. The van der Waals surface area contributed by atoms with E-state index in [2.05, 4.69) is 61.0 Å². The van der Waals surface area contributed by atoms with Crippen molar-refractivity contribution >= 4 is 28.8 Å². The maximum Gasteiger partial charge on any atom is 0.249 e. The van der Waals surface area contributed by atoms with Gasteiger partial charge in [0.1, 0.15) is 0 Å². The van der Waals surface area contributed by atoms with Crippen LogP contribution in [0.25, 0.3) is 0 Å². The zero-order chi connectivity index (χ0) is 19.2. The number of nitriles is 1. The van der Waals surface area contributed by atoms with Crippen LogP contribution in [0.5, 0.6) is 0 Å². The summed E-state index contributed by atoms with van der Waals surface area (Å²) in [4.78, 5) is 6.87. The van der Waals surface area contributed by atoms with E-state index >= 15 is 0 Å². The molecule has 0 radical (unpaired) electrons. The summed E-state index contributed by atoms with van der Waals surface area (Å²) in [6, 6.07) is 17.6. The Hall–Kier alpha value is -3.66. The van der Waals surface area contributed by atoms with E-state index in [0.29, 0.717) is 17.3 Å². The van der Waals surface area contributed by atoms with Crippen molar-refractivity contribution in [2.24, 2.45) is 0 Å². The van der Waals surface area contributed by atoms with Gasteiger partial charge < -0.3 is 15.5 Å². The molecular formula is C21H21N7. The topological polar surface area (TPSA) is 89.8 Å². The predicted molar refractivity (Wildman–Crippen MR) is 110 cm³/mol. The minimum atomic E-state index is 0.366. The summed E-state index contributed by atoms with van der Waals surface area (Å²) in [7, 11) is 0. The molecule has 1 aromatic heterocycles. The van der Waals surface area contributed by atoms with Crippen LogP contribution in [0, 0.1) is 11.3 Å². The Bertz CT molecular complexity index is 973. The summed E-state index contributed by atoms with van der Waals surface area (Å²) in [6.45, 7) is 2.26. The van der Waals surface area contributed by atoms with E-state index in [0.717, 1.165) is 24.5 Å². The first-order valence-corrected chi connectivity index (χ1v) is 9.39. The van der Waals surface area contributed by atoms with E-state index in [4.69, 9.17) is 5.26 Å². The van der Waals surface area contributed by atoms with Crippen molar-refractivity contribution in [1.29, 1.82) is 5.26 Å². The molecule has 7 nitrogen and oxygen atoms in total. The maximum atomic E-state index is 9.00. The minimum absolute atomic E-state index is 0.366. The highest BCUT2D eigenvalue weighted by atomic mass is 15.3. The Morgan fingerprint density at radius 3 is 2.54 bits per heavy atom. The quantitative estimate of drug-likeness (QED) is 0.694. The molecule has 1 aliphatic heterocycles. The van der Waals surface area contributed by atoms with Crippen molar-refractivity contribution in [3.63, 3.8) is 0 Å². The number of piperidine rings is 1. The third-order valence-corrected chi connectivity index (χ3v) is 4.67. The number of rotatable bonds is 5. The van der Waals surface area contributed by atoms with Gasteiger partial charge in [0, 0.05) is 30.2 Å². The largest absolute Gasteiger partial charge is 0.372 e. The fraction of sp³-hybridized carbons (Fsp3) is 0.238. The van der Waals surface area contributed by atoms with Crippen molar-refractivity contribution in [1.82, 2.24) is 15.2 Å². The van der Waals surface area contributed by atoms with Crippen LogP contribution >= 0.6 is 0 Å². The van der Waals surface area contributed by atoms with Crippen molar-refractivity contribution in [2.45, 2.75) is 19.3 Å². The minimum Gasteiger partial charge on any atom is -0.372 e. The summed E-state index contributed by atoms with van der Waals surface area (Å²) in [5.74, 6) is 0.963. The Kier molecular flexibility index (Phi) is 5.29. The van der Waals surface area contributed by atoms with Gasteiger partial charge in [-0.05, 0) is 61.7 Å². The number of anilines is 5. The molecule has 28 heavy (non-hydrogen) atoms. The first-order chi connectivity index (χ1) is 13.8. The van der Waals surface area contributed by atoms with Crippen LogP contribution in [0.4, 0.5) is 28.8 Å². The number of hydrogen-bond donors (Lipinski definition) is 2. The standard InChI is InChI=1S/C21H21N7/c22-14-16-5-4-6-18(13-16)25-21-26-20(15-23-27-21)24-17-7-9-19(10-8-17)28-11-2-1-3-12-28/h4-10,13,15H,1-3,11-12H2,(H2,24,25,26,27). The van der Waals surface area contributed by atoms with Crippen molar-refractivity contribution < 1.29 is 0 Å². The SMILES string of the molecule is N#Cc1cccc(Nc2nncc(Nc3ccc(N4CCCCC4)cc3)n2)c1. The van der Waals surface area contributed by atoms with Crippen molar-refractivity contribution in [2.75, 3.05) is 28.6 Å². The molecule has 2 heterocycles. The van der Waals surface area contributed by atoms with Crippen LogP contribution < -0.4 is 15.5 Å². The Morgan fingerprint density at radius 2 is 1.75 bits per heavy atom. The van der Waals surface area contributed by atoms with Gasteiger partial charge in [-0.2, -0.15) is 15.3 Å². The summed E-state index contributed by atoms with van der Waals surface area (Å²) in [6.07, 6.45) is 5.43. The van der Waals surface area contributed by atoms with E-state index in [9.17, 15) is 0 Å². The lowest BCUT2D eigenvalue weighted by Crippen LogP contribution is -2.29. The van der Waals surface area contributed by atoms with Crippen LogP contribution in [0.1, 0.15) is 24.8 Å². The lowest BCUT2D eigenvalue weighted by Gasteiger charge is -2.28. The van der Waals surface area contributed by atoms with Gasteiger partial charge in [0.2, 0.25) is 5.95 Å². The molecule has 0 bridgehead atoms. The van der Waals surface area contributed by atoms with E-state index in [1.165, 1.54) is 24.9 Å². The van der Waals surface area contributed by atoms with Crippen LogP contribution in [0.15, 0.2) is 54.7 Å². The first kappa shape index (κ1) is 17.7. The zero-order valence-corrected chi connectivity index (χ0v) is 15.5. The summed E-state index contributed by atoms with van der Waals surface area (Å²) >= 11 is 0. The molecule has 2 aromatic carbocycles. The van der Waals surface area contributed by atoms with E-state index < -0.39 is 0 Å². The van der Waals surface area contributed by atoms with Gasteiger partial charge in [0.05, 0.1) is 17.8 Å². The van der Waals surface area contributed by atoms with Gasteiger partial charge in [-0.15, -0.1) is 5.10 Å². The number of aromatic nitrogens is 3. The molecule has 1 aliphatic rings. The lowest BCUT2D eigenvalue weighted by molar-refractivity contribution is 0.578. The zero-order valence-electron chi connectivity index (χ0n) is 15.5. The smallest absolute Gasteiger partial charge is 0.249 e. The number of benzene rings is 2. The van der Waals surface area contributed by atoms with Crippen LogP contribution in [0.3, 0.4) is 0 Å². The molecule has 1 saturated heterocycles. The summed E-state index contributed by atoms with van der Waals surface area (Å²) in [5.41, 5.74) is 3.51. The monoisotopic (exact) mass is 371 g/mol. The van der Waals surface area contributed by atoms with E-state index in [1.54, 1.807) is 24.4 Å². The van der Waals surface area contributed by atoms with Crippen LogP contribution in [-0.2, 0) is 0 Å². The van der Waals surface area contributed by atoms with Gasteiger partial charge in [-0.25, -0.2) is 0 Å². The van der Waals surface area contributed by atoms with Crippen LogP contribution in [-0.4, -0.2) is 28.3 Å². The number of hydrogen-bond acceptors (Lipinski definition) is 7. The highest BCUT2D eigenvalue weighted by Crippen LogP contribution is 2.23. The van der Waals surface area contributed by atoms with Crippen molar-refractivity contribution in [3.05, 3.63) is 60.3 Å². The molecule has 0 spiro atoms. The molecule has 4 rings (SSSR count). The molecule has 0 saturated carbocycles. The number of nitrogens with zero attached hydrogens (tertiary/aromatic N) is 5. The van der Waals surface area contributed by atoms with Gasteiger partial charge >= 0.3 is 0 Å². The fourth-order valence-corrected chi connectivity index (χ4v) is 3.27. The van der Waals surface area contributed by atoms with Gasteiger partial charge in [-0.3, -0.25) is 0 Å². The molecule has 1 fully saturated rings. The van der Waals surface area contributed by atoms with Gasteiger partial charge in [-0.1, -0.05) is 6.07 Å². The third kappa shape index (κ3) is 4.35. The molecule has 2 N–H and O–H groups in total. The molecule has 0 unspecified atom stereocenters. The van der Waals surface area contributed by atoms with Gasteiger partial charge in [0.15, 0.2) is 5.82 Å². The first-order valence-electron chi connectivity index (χ1n) is 9.39. The number of nitrogens with one attached hydrogen (secondary N) is 2. The molecule has 3 aromatic rings. The Balaban J connectivity index is 1.43. The second-order valence-electron chi connectivity index (χ2n) is 6.70. The van der Waals surface area contributed by atoms with Gasteiger partial charge in [0.25, 0.3) is 0 Å². The lowest BCUT2D eigenvalue weighted by atomic mass is 10.1.